The summed E-state index contributed by atoms with van der Waals surface area (Å²) in [4.78, 5) is 8.38. The van der Waals surface area contributed by atoms with Crippen molar-refractivity contribution in [3.05, 3.63) is 23.3 Å². The molecule has 0 aliphatic heterocycles. The highest BCUT2D eigenvalue weighted by Gasteiger charge is 2.27. The van der Waals surface area contributed by atoms with Gasteiger partial charge in [0.25, 0.3) is 0 Å². The molecule has 1 saturated carbocycles. The third-order valence-corrected chi connectivity index (χ3v) is 2.15. The molecule has 0 amide bonds. The first-order valence-electron chi connectivity index (χ1n) is 4.24. The molecule has 1 aromatic rings. The summed E-state index contributed by atoms with van der Waals surface area (Å²) in [5, 5.41) is 9.01. The number of hydrogen-bond acceptors (Lipinski definition) is 3. The van der Waals surface area contributed by atoms with Crippen LogP contribution in [-0.4, -0.2) is 15.1 Å². The highest BCUT2D eigenvalue weighted by Crippen LogP contribution is 2.40. The number of aliphatic hydroxyl groups excluding tert-OH is 1. The average molecular weight is 164 g/mol. The minimum Gasteiger partial charge on any atom is -0.392 e. The lowest BCUT2D eigenvalue weighted by molar-refractivity contribution is 0.279. The Bertz CT molecular complexity index is 295. The lowest BCUT2D eigenvalue weighted by atomic mass is 10.2. The minimum absolute atomic E-state index is 0.0616. The first-order valence-corrected chi connectivity index (χ1v) is 4.24. The number of aryl methyl sites for hydroxylation is 1. The average Bonchev–Trinajstić information content (AvgIpc) is 2.87. The van der Waals surface area contributed by atoms with Crippen LogP contribution in [0.15, 0.2) is 6.20 Å². The maximum atomic E-state index is 9.01. The molecule has 3 heteroatoms. The van der Waals surface area contributed by atoms with E-state index in [4.69, 9.17) is 5.11 Å². The smallest absolute Gasteiger partial charge is 0.125 e. The molecule has 0 unspecified atom stereocenters. The SMILES string of the molecule is Cc1ncc(CO)c(C2CC2)n1. The van der Waals surface area contributed by atoms with Gasteiger partial charge in [0.15, 0.2) is 0 Å². The van der Waals surface area contributed by atoms with Crippen LogP contribution in [0.4, 0.5) is 0 Å². The second-order valence-corrected chi connectivity index (χ2v) is 3.26. The van der Waals surface area contributed by atoms with Gasteiger partial charge in [-0.15, -0.1) is 0 Å². The molecule has 1 fully saturated rings. The van der Waals surface area contributed by atoms with Crippen molar-refractivity contribution in [2.75, 3.05) is 0 Å². The van der Waals surface area contributed by atoms with Crippen LogP contribution in [0, 0.1) is 6.92 Å². The Hall–Kier alpha value is -0.960. The van der Waals surface area contributed by atoms with Crippen molar-refractivity contribution < 1.29 is 5.11 Å². The maximum absolute atomic E-state index is 9.01. The molecular weight excluding hydrogens is 152 g/mol. The van der Waals surface area contributed by atoms with Gasteiger partial charge in [-0.25, -0.2) is 9.97 Å². The second-order valence-electron chi connectivity index (χ2n) is 3.26. The number of nitrogens with zero attached hydrogens (tertiary/aromatic N) is 2. The van der Waals surface area contributed by atoms with Crippen molar-refractivity contribution in [1.82, 2.24) is 9.97 Å². The molecule has 64 valence electrons. The Morgan fingerprint density at radius 1 is 1.58 bits per heavy atom. The molecule has 0 bridgehead atoms. The van der Waals surface area contributed by atoms with Gasteiger partial charge in [-0.05, 0) is 19.8 Å². The van der Waals surface area contributed by atoms with E-state index in [1.165, 1.54) is 12.8 Å². The molecule has 0 saturated heterocycles. The molecule has 0 atom stereocenters. The fraction of sp³-hybridized carbons (Fsp3) is 0.556. The fourth-order valence-electron chi connectivity index (χ4n) is 1.34. The Morgan fingerprint density at radius 3 is 2.92 bits per heavy atom. The van der Waals surface area contributed by atoms with Crippen molar-refractivity contribution in [2.45, 2.75) is 32.3 Å². The van der Waals surface area contributed by atoms with Crippen LogP contribution in [0.2, 0.25) is 0 Å². The standard InChI is InChI=1S/C9H12N2O/c1-6-10-4-8(5-12)9(11-6)7-2-3-7/h4,7,12H,2-3,5H2,1H3. The van der Waals surface area contributed by atoms with Gasteiger partial charge in [-0.1, -0.05) is 0 Å². The molecule has 1 aromatic heterocycles. The Morgan fingerprint density at radius 2 is 2.33 bits per heavy atom. The minimum atomic E-state index is 0.0616. The summed E-state index contributed by atoms with van der Waals surface area (Å²) < 4.78 is 0. The predicted octanol–water partition coefficient (Wildman–Crippen LogP) is 1.15. The van der Waals surface area contributed by atoms with Crippen LogP contribution < -0.4 is 0 Å². The van der Waals surface area contributed by atoms with Crippen LogP contribution in [0.1, 0.15) is 35.8 Å². The second kappa shape index (κ2) is 2.83. The quantitative estimate of drug-likeness (QED) is 0.713. The Balaban J connectivity index is 2.39. The van der Waals surface area contributed by atoms with E-state index in [0.717, 1.165) is 17.1 Å². The van der Waals surface area contributed by atoms with Crippen LogP contribution >= 0.6 is 0 Å². The van der Waals surface area contributed by atoms with Gasteiger partial charge in [0.05, 0.1) is 12.3 Å². The van der Waals surface area contributed by atoms with E-state index in [2.05, 4.69) is 9.97 Å². The molecule has 1 N–H and O–H groups in total. The molecule has 0 spiro atoms. The molecule has 12 heavy (non-hydrogen) atoms. The highest BCUT2D eigenvalue weighted by atomic mass is 16.3. The zero-order chi connectivity index (χ0) is 8.55. The Kier molecular flexibility index (Phi) is 1.81. The topological polar surface area (TPSA) is 46.0 Å². The van der Waals surface area contributed by atoms with E-state index < -0.39 is 0 Å². The lowest BCUT2D eigenvalue weighted by Gasteiger charge is -2.04. The van der Waals surface area contributed by atoms with Gasteiger partial charge in [0.2, 0.25) is 0 Å². The lowest BCUT2D eigenvalue weighted by Crippen LogP contribution is -2.00. The normalized spacial score (nSPS) is 16.5. The number of aromatic nitrogens is 2. The van der Waals surface area contributed by atoms with Crippen LogP contribution in [0.25, 0.3) is 0 Å². The van der Waals surface area contributed by atoms with Crippen LogP contribution in [0.5, 0.6) is 0 Å². The van der Waals surface area contributed by atoms with Crippen molar-refractivity contribution in [1.29, 1.82) is 0 Å². The van der Waals surface area contributed by atoms with E-state index in [-0.39, 0.29) is 6.61 Å². The summed E-state index contributed by atoms with van der Waals surface area (Å²) in [6.45, 7) is 1.94. The molecule has 3 nitrogen and oxygen atoms in total. The van der Waals surface area contributed by atoms with E-state index in [1.807, 2.05) is 6.92 Å². The third-order valence-electron chi connectivity index (χ3n) is 2.15. The Labute approximate surface area is 71.5 Å². The van der Waals surface area contributed by atoms with Crippen molar-refractivity contribution in [2.24, 2.45) is 0 Å². The van der Waals surface area contributed by atoms with Crippen molar-refractivity contribution >= 4 is 0 Å². The van der Waals surface area contributed by atoms with E-state index in [1.54, 1.807) is 6.20 Å². The number of hydrogen-bond donors (Lipinski definition) is 1. The molecule has 0 radical (unpaired) electrons. The maximum Gasteiger partial charge on any atom is 0.125 e. The van der Waals surface area contributed by atoms with Crippen molar-refractivity contribution in [3.8, 4) is 0 Å². The van der Waals surface area contributed by atoms with E-state index >= 15 is 0 Å². The number of rotatable bonds is 2. The summed E-state index contributed by atoms with van der Waals surface area (Å²) >= 11 is 0. The van der Waals surface area contributed by atoms with E-state index in [0.29, 0.717) is 5.92 Å². The molecule has 0 aromatic carbocycles. The van der Waals surface area contributed by atoms with Gasteiger partial charge < -0.3 is 5.11 Å². The van der Waals surface area contributed by atoms with Gasteiger partial charge in [-0.2, -0.15) is 0 Å². The molecular formula is C9H12N2O. The van der Waals surface area contributed by atoms with Crippen LogP contribution in [0.3, 0.4) is 0 Å². The highest BCUT2D eigenvalue weighted by molar-refractivity contribution is 5.24. The zero-order valence-electron chi connectivity index (χ0n) is 7.12. The fourth-order valence-corrected chi connectivity index (χ4v) is 1.34. The predicted molar refractivity (Wildman–Crippen MR) is 44.7 cm³/mol. The molecule has 2 rings (SSSR count). The summed E-state index contributed by atoms with van der Waals surface area (Å²) in [6.07, 6.45) is 4.16. The summed E-state index contributed by atoms with van der Waals surface area (Å²) in [5.74, 6) is 1.39. The summed E-state index contributed by atoms with van der Waals surface area (Å²) in [7, 11) is 0. The molecule has 1 aliphatic rings. The molecule has 1 aliphatic carbocycles. The largest absolute Gasteiger partial charge is 0.392 e. The first kappa shape index (κ1) is 7.68. The first-order chi connectivity index (χ1) is 5.81. The summed E-state index contributed by atoms with van der Waals surface area (Å²) in [5.41, 5.74) is 1.95. The molecule has 1 heterocycles. The van der Waals surface area contributed by atoms with E-state index in [9.17, 15) is 0 Å². The number of aliphatic hydroxyl groups is 1. The van der Waals surface area contributed by atoms with Gasteiger partial charge in [-0.3, -0.25) is 0 Å². The third kappa shape index (κ3) is 1.32. The van der Waals surface area contributed by atoms with Gasteiger partial charge in [0.1, 0.15) is 5.82 Å². The zero-order valence-corrected chi connectivity index (χ0v) is 7.12. The van der Waals surface area contributed by atoms with Crippen molar-refractivity contribution in [3.63, 3.8) is 0 Å². The monoisotopic (exact) mass is 164 g/mol. The summed E-state index contributed by atoms with van der Waals surface area (Å²) in [6, 6.07) is 0. The van der Waals surface area contributed by atoms with Crippen LogP contribution in [-0.2, 0) is 6.61 Å². The van der Waals surface area contributed by atoms with Gasteiger partial charge >= 0.3 is 0 Å². The van der Waals surface area contributed by atoms with Gasteiger partial charge in [0, 0.05) is 17.7 Å².